The van der Waals surface area contributed by atoms with Crippen LogP contribution in [-0.2, 0) is 11.2 Å². The number of carboxylic acid groups (broad SMARTS) is 1. The summed E-state index contributed by atoms with van der Waals surface area (Å²) < 4.78 is 0.843. The summed E-state index contributed by atoms with van der Waals surface area (Å²) in [7, 11) is 0. The Morgan fingerprint density at radius 2 is 1.95 bits per heavy atom. The van der Waals surface area contributed by atoms with Crippen molar-refractivity contribution in [1.29, 1.82) is 0 Å². The van der Waals surface area contributed by atoms with Gasteiger partial charge in [0.15, 0.2) is 0 Å². The van der Waals surface area contributed by atoms with E-state index in [0.717, 1.165) is 10.0 Å². The maximum Gasteiger partial charge on any atom is 1.00 e. The van der Waals surface area contributed by atoms with E-state index in [1.807, 2.05) is 36.4 Å². The number of carbonyl (C=O) groups is 1. The smallest absolute Gasteiger partial charge is 1.00 e. The van der Waals surface area contributed by atoms with Crippen molar-refractivity contribution in [3.8, 4) is 0 Å². The minimum absolute atomic E-state index is 0. The van der Waals surface area contributed by atoms with Crippen LogP contribution in [0.2, 0.25) is 0 Å². The molecule has 0 radical (unpaired) electrons. The van der Waals surface area contributed by atoms with Crippen LogP contribution >= 0.6 is 15.9 Å². The normalized spacial score (nSPS) is 11.4. The molecule has 0 saturated carbocycles. The van der Waals surface area contributed by atoms with Gasteiger partial charge in [-0.2, -0.15) is 0 Å². The molecule has 0 aliphatic heterocycles. The fourth-order valence-electron chi connectivity index (χ4n) is 1.76. The Morgan fingerprint density at radius 3 is 2.47 bits per heavy atom. The van der Waals surface area contributed by atoms with Crippen LogP contribution in [0.5, 0.6) is 0 Å². The quantitative estimate of drug-likeness (QED) is 0.830. The van der Waals surface area contributed by atoms with Crippen molar-refractivity contribution < 1.29 is 30.2 Å². The van der Waals surface area contributed by atoms with E-state index in [1.165, 1.54) is 0 Å². The molecule has 1 atom stereocenters. The third-order valence-corrected chi connectivity index (χ3v) is 3.16. The number of nitrogens with zero attached hydrogens (tertiary/aromatic N) is 1. The first kappa shape index (κ1) is 16.0. The van der Waals surface area contributed by atoms with Crippen molar-refractivity contribution in [3.63, 3.8) is 0 Å². The van der Waals surface area contributed by atoms with Crippen LogP contribution in [-0.4, -0.2) is 16.1 Å². The first-order valence-electron chi connectivity index (χ1n) is 5.55. The number of halogens is 1. The molecule has 0 bridgehead atoms. The van der Waals surface area contributed by atoms with Gasteiger partial charge >= 0.3 is 24.8 Å². The maximum absolute atomic E-state index is 11.3. The number of benzene rings is 1. The standard InChI is InChI=1S/C14H12BrNO2.Li.H/c15-11-6-7-13(16-9-11)12(14(17)18)8-10-4-2-1-3-5-10;;/h1-7,9,12H,8H2,(H,17,18);;/q;+1;-1. The van der Waals surface area contributed by atoms with Crippen LogP contribution in [0.25, 0.3) is 0 Å². The topological polar surface area (TPSA) is 50.2 Å². The molecule has 1 aromatic heterocycles. The second-order valence-electron chi connectivity index (χ2n) is 3.98. The van der Waals surface area contributed by atoms with Gasteiger partial charge in [-0.3, -0.25) is 9.78 Å². The van der Waals surface area contributed by atoms with Gasteiger partial charge in [-0.15, -0.1) is 0 Å². The summed E-state index contributed by atoms with van der Waals surface area (Å²) in [6.07, 6.45) is 2.07. The molecule has 1 unspecified atom stereocenters. The average molecular weight is 314 g/mol. The summed E-state index contributed by atoms with van der Waals surface area (Å²) in [6.45, 7) is 0. The van der Waals surface area contributed by atoms with Crippen molar-refractivity contribution in [2.45, 2.75) is 12.3 Å². The molecular weight excluding hydrogens is 301 g/mol. The second kappa shape index (κ2) is 7.49. The Labute approximate surface area is 133 Å². The van der Waals surface area contributed by atoms with E-state index < -0.39 is 11.9 Å². The fraction of sp³-hybridized carbons (Fsp3) is 0.143. The van der Waals surface area contributed by atoms with E-state index in [4.69, 9.17) is 0 Å². The van der Waals surface area contributed by atoms with Crippen molar-refractivity contribution in [2.75, 3.05) is 0 Å². The zero-order valence-corrected chi connectivity index (χ0v) is 12.2. The molecule has 0 spiro atoms. The predicted octanol–water partition coefficient (Wildman–Crippen LogP) is 0.371. The molecule has 5 heteroatoms. The van der Waals surface area contributed by atoms with Gasteiger partial charge in [0, 0.05) is 10.7 Å². The molecule has 0 aliphatic carbocycles. The number of hydrogen-bond donors (Lipinski definition) is 1. The fourth-order valence-corrected chi connectivity index (χ4v) is 2.00. The summed E-state index contributed by atoms with van der Waals surface area (Å²) in [6, 6.07) is 13.1. The van der Waals surface area contributed by atoms with E-state index in [1.54, 1.807) is 12.3 Å². The summed E-state index contributed by atoms with van der Waals surface area (Å²) >= 11 is 3.29. The zero-order valence-electron chi connectivity index (χ0n) is 11.6. The molecule has 0 aliphatic rings. The van der Waals surface area contributed by atoms with Crippen LogP contribution in [0.1, 0.15) is 18.6 Å². The minimum Gasteiger partial charge on any atom is -1.00 e. The molecule has 2 aromatic rings. The first-order valence-corrected chi connectivity index (χ1v) is 6.34. The molecule has 94 valence electrons. The van der Waals surface area contributed by atoms with Gasteiger partial charge < -0.3 is 6.53 Å². The summed E-state index contributed by atoms with van der Waals surface area (Å²) in [5, 5.41) is 9.31. The average Bonchev–Trinajstić information content (AvgIpc) is 2.38. The first-order chi connectivity index (χ1) is 8.66. The zero-order chi connectivity index (χ0) is 13.0. The molecule has 0 saturated heterocycles. The third-order valence-electron chi connectivity index (χ3n) is 2.69. The number of hydrogen-bond acceptors (Lipinski definition) is 2. The monoisotopic (exact) mass is 313 g/mol. The minimum atomic E-state index is -0.853. The van der Waals surface area contributed by atoms with Gasteiger partial charge in [-0.25, -0.2) is 0 Å². The van der Waals surface area contributed by atoms with Gasteiger partial charge in [-0.05, 0) is 40.0 Å². The molecule has 0 amide bonds. The Bertz CT molecular complexity index is 537. The molecule has 2 rings (SSSR count). The van der Waals surface area contributed by atoms with Crippen LogP contribution in [0.4, 0.5) is 0 Å². The number of rotatable bonds is 4. The SMILES string of the molecule is O=C(O)C(Cc1ccccc1)c1ccc(Br)cn1.[H-].[Li+]. The van der Waals surface area contributed by atoms with E-state index in [0.29, 0.717) is 12.1 Å². The number of carboxylic acids is 1. The Morgan fingerprint density at radius 1 is 1.26 bits per heavy atom. The summed E-state index contributed by atoms with van der Waals surface area (Å²) in [4.78, 5) is 15.5. The van der Waals surface area contributed by atoms with Crippen LogP contribution in [0.3, 0.4) is 0 Å². The van der Waals surface area contributed by atoms with Crippen LogP contribution in [0.15, 0.2) is 53.1 Å². The molecule has 3 nitrogen and oxygen atoms in total. The van der Waals surface area contributed by atoms with Crippen LogP contribution < -0.4 is 18.9 Å². The molecular formula is C14H13BrLiNO2. The van der Waals surface area contributed by atoms with E-state index in [2.05, 4.69) is 20.9 Å². The number of aromatic nitrogens is 1. The summed E-state index contributed by atoms with van der Waals surface area (Å²) in [5.41, 5.74) is 1.57. The second-order valence-corrected chi connectivity index (χ2v) is 4.90. The number of aliphatic carboxylic acids is 1. The third kappa shape index (κ3) is 4.50. The molecule has 1 aromatic carbocycles. The Hall–Kier alpha value is -1.08. The maximum atomic E-state index is 11.3. The van der Waals surface area contributed by atoms with Crippen molar-refractivity contribution in [1.82, 2.24) is 4.98 Å². The molecule has 1 heterocycles. The van der Waals surface area contributed by atoms with E-state index >= 15 is 0 Å². The van der Waals surface area contributed by atoms with Gasteiger partial charge in [0.25, 0.3) is 0 Å². The van der Waals surface area contributed by atoms with Gasteiger partial charge in [0.1, 0.15) is 5.92 Å². The van der Waals surface area contributed by atoms with Crippen molar-refractivity contribution in [2.24, 2.45) is 0 Å². The van der Waals surface area contributed by atoms with Crippen molar-refractivity contribution >= 4 is 21.9 Å². The largest absolute Gasteiger partial charge is 1.00 e. The predicted molar refractivity (Wildman–Crippen MR) is 73.6 cm³/mol. The Kier molecular flexibility index (Phi) is 6.30. The molecule has 1 N–H and O–H groups in total. The molecule has 19 heavy (non-hydrogen) atoms. The molecule has 0 fully saturated rings. The van der Waals surface area contributed by atoms with E-state index in [-0.39, 0.29) is 20.3 Å². The van der Waals surface area contributed by atoms with Crippen LogP contribution in [0, 0.1) is 0 Å². The van der Waals surface area contributed by atoms with Gasteiger partial charge in [-0.1, -0.05) is 30.3 Å². The van der Waals surface area contributed by atoms with E-state index in [9.17, 15) is 9.90 Å². The summed E-state index contributed by atoms with van der Waals surface area (Å²) in [5.74, 6) is -1.46. The van der Waals surface area contributed by atoms with Crippen molar-refractivity contribution in [3.05, 3.63) is 64.4 Å². The number of pyridine rings is 1. The Balaban J connectivity index is 0.00000180. The van der Waals surface area contributed by atoms with Gasteiger partial charge in [0.05, 0.1) is 5.69 Å². The van der Waals surface area contributed by atoms with Gasteiger partial charge in [0.2, 0.25) is 0 Å².